The Morgan fingerprint density at radius 3 is 2.77 bits per heavy atom. The largest absolute Gasteiger partial charge is 0.398 e. The topological polar surface area (TPSA) is 49.9 Å². The molecule has 0 radical (unpaired) electrons. The van der Waals surface area contributed by atoms with Crippen molar-refractivity contribution in [1.29, 1.82) is 5.41 Å². The van der Waals surface area contributed by atoms with Crippen LogP contribution in [0.15, 0.2) is 24.3 Å². The molecule has 0 aliphatic carbocycles. The summed E-state index contributed by atoms with van der Waals surface area (Å²) in [5, 5.41) is 7.07. The van der Waals surface area contributed by atoms with Crippen molar-refractivity contribution >= 4 is 18.0 Å². The first-order valence-corrected chi connectivity index (χ1v) is 4.34. The van der Waals surface area contributed by atoms with Crippen molar-refractivity contribution < 1.29 is 0 Å². The number of anilines is 1. The van der Waals surface area contributed by atoms with E-state index in [4.69, 9.17) is 11.1 Å². The van der Waals surface area contributed by atoms with Gasteiger partial charge >= 0.3 is 0 Å². The van der Waals surface area contributed by atoms with E-state index in [9.17, 15) is 0 Å². The van der Waals surface area contributed by atoms with Crippen molar-refractivity contribution in [1.82, 2.24) is 0 Å². The zero-order valence-corrected chi connectivity index (χ0v) is 7.75. The van der Waals surface area contributed by atoms with E-state index in [0.29, 0.717) is 5.69 Å². The molecule has 0 fully saturated rings. The number of benzene rings is 1. The number of allylic oxidation sites excluding steroid dienone is 1. The number of nitrogen functional groups attached to an aromatic ring is 1. The predicted octanol–water partition coefficient (Wildman–Crippen LogP) is 2.69. The lowest BCUT2D eigenvalue weighted by molar-refractivity contribution is 1.23. The van der Waals surface area contributed by atoms with Crippen LogP contribution in [-0.2, 0) is 0 Å². The lowest BCUT2D eigenvalue weighted by Gasteiger charge is -2.00. The van der Waals surface area contributed by atoms with Gasteiger partial charge in [-0.25, -0.2) is 0 Å². The highest BCUT2D eigenvalue weighted by molar-refractivity contribution is 5.85. The molecule has 1 aromatic rings. The molecular formula is C11H14N2. The number of rotatable bonds is 3. The summed E-state index contributed by atoms with van der Waals surface area (Å²) in [6, 6.07) is 5.70. The molecule has 68 valence electrons. The normalized spacial score (nSPS) is 10.5. The molecule has 1 rings (SSSR count). The van der Waals surface area contributed by atoms with E-state index < -0.39 is 0 Å². The fraction of sp³-hybridized carbons (Fsp3) is 0.182. The summed E-state index contributed by atoms with van der Waals surface area (Å²) in [6.07, 6.45) is 6.40. The SMILES string of the molecule is CC/C=C/c1ccc(C=N)c(N)c1. The van der Waals surface area contributed by atoms with Gasteiger partial charge in [-0.05, 0) is 18.1 Å². The highest BCUT2D eigenvalue weighted by Crippen LogP contribution is 2.13. The molecule has 0 atom stereocenters. The minimum Gasteiger partial charge on any atom is -0.398 e. The third kappa shape index (κ3) is 2.44. The summed E-state index contributed by atoms with van der Waals surface area (Å²) in [7, 11) is 0. The zero-order chi connectivity index (χ0) is 9.68. The van der Waals surface area contributed by atoms with E-state index in [-0.39, 0.29) is 0 Å². The van der Waals surface area contributed by atoms with Crippen LogP contribution in [0.25, 0.3) is 6.08 Å². The van der Waals surface area contributed by atoms with Crippen molar-refractivity contribution in [3.8, 4) is 0 Å². The number of hydrogen-bond donors (Lipinski definition) is 2. The van der Waals surface area contributed by atoms with Gasteiger partial charge in [-0.15, -0.1) is 0 Å². The summed E-state index contributed by atoms with van der Waals surface area (Å²) >= 11 is 0. The van der Waals surface area contributed by atoms with Gasteiger partial charge in [0, 0.05) is 17.5 Å². The van der Waals surface area contributed by atoms with Crippen LogP contribution >= 0.6 is 0 Å². The smallest absolute Gasteiger partial charge is 0.0408 e. The van der Waals surface area contributed by atoms with Crippen LogP contribution in [0.3, 0.4) is 0 Å². The molecule has 2 nitrogen and oxygen atoms in total. The van der Waals surface area contributed by atoms with Crippen LogP contribution < -0.4 is 5.73 Å². The molecule has 0 saturated carbocycles. The van der Waals surface area contributed by atoms with E-state index in [2.05, 4.69) is 13.0 Å². The Hall–Kier alpha value is -1.57. The summed E-state index contributed by atoms with van der Waals surface area (Å²) in [6.45, 7) is 2.09. The van der Waals surface area contributed by atoms with Crippen LogP contribution in [0.5, 0.6) is 0 Å². The minimum atomic E-state index is 0.660. The second-order valence-corrected chi connectivity index (χ2v) is 2.84. The first kappa shape index (κ1) is 9.52. The van der Waals surface area contributed by atoms with Crippen molar-refractivity contribution in [2.24, 2.45) is 0 Å². The summed E-state index contributed by atoms with van der Waals surface area (Å²) in [5.74, 6) is 0. The lowest BCUT2D eigenvalue weighted by atomic mass is 10.1. The van der Waals surface area contributed by atoms with Crippen molar-refractivity contribution in [2.75, 3.05) is 5.73 Å². The van der Waals surface area contributed by atoms with E-state index in [0.717, 1.165) is 17.5 Å². The van der Waals surface area contributed by atoms with Crippen LogP contribution in [0.2, 0.25) is 0 Å². The highest BCUT2D eigenvalue weighted by atomic mass is 14.6. The van der Waals surface area contributed by atoms with Gasteiger partial charge in [0.05, 0.1) is 0 Å². The Morgan fingerprint density at radius 1 is 1.46 bits per heavy atom. The van der Waals surface area contributed by atoms with Gasteiger partial charge in [0.15, 0.2) is 0 Å². The van der Waals surface area contributed by atoms with Gasteiger partial charge in [-0.1, -0.05) is 31.2 Å². The van der Waals surface area contributed by atoms with Gasteiger partial charge < -0.3 is 11.1 Å². The average Bonchev–Trinajstić information content (AvgIpc) is 2.15. The first-order valence-electron chi connectivity index (χ1n) is 4.34. The van der Waals surface area contributed by atoms with E-state index >= 15 is 0 Å². The fourth-order valence-electron chi connectivity index (χ4n) is 1.08. The highest BCUT2D eigenvalue weighted by Gasteiger charge is 1.94. The summed E-state index contributed by atoms with van der Waals surface area (Å²) in [5.41, 5.74) is 8.24. The molecular weight excluding hydrogens is 160 g/mol. The molecule has 1 aromatic carbocycles. The fourth-order valence-corrected chi connectivity index (χ4v) is 1.08. The molecule has 13 heavy (non-hydrogen) atoms. The van der Waals surface area contributed by atoms with Gasteiger partial charge in [-0.3, -0.25) is 0 Å². The monoisotopic (exact) mass is 174 g/mol. The predicted molar refractivity (Wildman–Crippen MR) is 58.1 cm³/mol. The van der Waals surface area contributed by atoms with Crippen LogP contribution in [0, 0.1) is 5.41 Å². The number of hydrogen-bond acceptors (Lipinski definition) is 2. The third-order valence-corrected chi connectivity index (χ3v) is 1.81. The van der Waals surface area contributed by atoms with Crippen molar-refractivity contribution in [3.63, 3.8) is 0 Å². The Bertz CT molecular complexity index is 327. The maximum atomic E-state index is 7.07. The summed E-state index contributed by atoms with van der Waals surface area (Å²) in [4.78, 5) is 0. The molecule has 0 heterocycles. The van der Waals surface area contributed by atoms with E-state index in [1.165, 1.54) is 6.21 Å². The quantitative estimate of drug-likeness (QED) is 0.537. The van der Waals surface area contributed by atoms with Gasteiger partial charge in [0.2, 0.25) is 0 Å². The standard InChI is InChI=1S/C11H14N2/c1-2-3-4-9-5-6-10(8-12)11(13)7-9/h3-8,12H,2,13H2,1H3/b4-3+,12-8?. The third-order valence-electron chi connectivity index (χ3n) is 1.81. The van der Waals surface area contributed by atoms with Crippen LogP contribution in [-0.4, -0.2) is 6.21 Å². The molecule has 0 aliphatic rings. The lowest BCUT2D eigenvalue weighted by Crippen LogP contribution is -1.92. The van der Waals surface area contributed by atoms with Crippen LogP contribution in [0.1, 0.15) is 24.5 Å². The van der Waals surface area contributed by atoms with E-state index in [1.807, 2.05) is 24.3 Å². The van der Waals surface area contributed by atoms with Crippen molar-refractivity contribution in [2.45, 2.75) is 13.3 Å². The molecule has 0 spiro atoms. The Balaban J connectivity index is 2.95. The Labute approximate surface area is 78.6 Å². The molecule has 0 bridgehead atoms. The average molecular weight is 174 g/mol. The number of nitrogens with two attached hydrogens (primary N) is 1. The maximum Gasteiger partial charge on any atom is 0.0408 e. The van der Waals surface area contributed by atoms with Gasteiger partial charge in [-0.2, -0.15) is 0 Å². The molecule has 0 aliphatic heterocycles. The first-order chi connectivity index (χ1) is 6.27. The molecule has 0 amide bonds. The summed E-state index contributed by atoms with van der Waals surface area (Å²) < 4.78 is 0. The molecule has 0 aromatic heterocycles. The van der Waals surface area contributed by atoms with Gasteiger partial charge in [0.1, 0.15) is 0 Å². The van der Waals surface area contributed by atoms with Gasteiger partial charge in [0.25, 0.3) is 0 Å². The molecule has 2 heteroatoms. The Morgan fingerprint density at radius 2 is 2.23 bits per heavy atom. The second kappa shape index (κ2) is 4.45. The van der Waals surface area contributed by atoms with Crippen LogP contribution in [0.4, 0.5) is 5.69 Å². The Kier molecular flexibility index (Phi) is 3.26. The molecule has 0 unspecified atom stereocenters. The minimum absolute atomic E-state index is 0.660. The van der Waals surface area contributed by atoms with Crippen molar-refractivity contribution in [3.05, 3.63) is 35.4 Å². The number of nitrogens with one attached hydrogen (secondary N) is 1. The molecule has 3 N–H and O–H groups in total. The molecule has 0 saturated heterocycles. The zero-order valence-electron chi connectivity index (χ0n) is 7.75. The van der Waals surface area contributed by atoms with E-state index in [1.54, 1.807) is 0 Å². The second-order valence-electron chi connectivity index (χ2n) is 2.84. The maximum absolute atomic E-state index is 7.07.